The summed E-state index contributed by atoms with van der Waals surface area (Å²) in [6.45, 7) is 5.08. The lowest BCUT2D eigenvalue weighted by atomic mass is 10.1. The molecule has 1 aliphatic rings. The molecule has 0 N–H and O–H groups in total. The molecule has 2 aromatic heterocycles. The highest BCUT2D eigenvalue weighted by molar-refractivity contribution is 5.67. The van der Waals surface area contributed by atoms with Crippen molar-refractivity contribution in [2.24, 2.45) is 0 Å². The Bertz CT molecular complexity index is 1220. The van der Waals surface area contributed by atoms with E-state index in [4.69, 9.17) is 37.9 Å². The SMILES string of the molecule is c1cc(-c2cc3cc(c2)OCCOCCOCCOc2cc(cc(-c4ccncc4)c2)OCCOCCOCCO3)ccn1. The molecule has 3 heterocycles. The van der Waals surface area contributed by atoms with Gasteiger partial charge in [0.05, 0.1) is 52.9 Å². The first kappa shape index (κ1) is 31.2. The Balaban J connectivity index is 1.16. The molecule has 0 saturated heterocycles. The lowest BCUT2D eigenvalue weighted by molar-refractivity contribution is 0.0260. The molecule has 0 fully saturated rings. The fourth-order valence-corrected chi connectivity index (χ4v) is 4.42. The Morgan fingerprint density at radius 1 is 0.318 bits per heavy atom. The molecule has 4 bridgehead atoms. The Morgan fingerprint density at radius 2 is 0.591 bits per heavy atom. The molecule has 0 unspecified atom stereocenters. The minimum absolute atomic E-state index is 0.393. The molecule has 1 aliphatic heterocycles. The second kappa shape index (κ2) is 17.8. The van der Waals surface area contributed by atoms with Crippen LogP contribution in [-0.4, -0.2) is 89.3 Å². The van der Waals surface area contributed by atoms with E-state index in [2.05, 4.69) is 9.97 Å². The van der Waals surface area contributed by atoms with Crippen LogP contribution in [0, 0.1) is 0 Å². The summed E-state index contributed by atoms with van der Waals surface area (Å²) >= 11 is 0. The predicted molar refractivity (Wildman–Crippen MR) is 165 cm³/mol. The molecule has 44 heavy (non-hydrogen) atoms. The van der Waals surface area contributed by atoms with Crippen LogP contribution < -0.4 is 18.9 Å². The van der Waals surface area contributed by atoms with Crippen molar-refractivity contribution < 1.29 is 37.9 Å². The van der Waals surface area contributed by atoms with Crippen molar-refractivity contribution in [3.8, 4) is 45.3 Å². The zero-order valence-corrected chi connectivity index (χ0v) is 24.7. The first-order valence-electron chi connectivity index (χ1n) is 14.8. The highest BCUT2D eigenvalue weighted by Crippen LogP contribution is 2.31. The monoisotopic (exact) mass is 602 g/mol. The van der Waals surface area contributed by atoms with Gasteiger partial charge in [0, 0.05) is 36.9 Å². The number of aromatic nitrogens is 2. The third-order valence-corrected chi connectivity index (χ3v) is 6.52. The molecule has 0 radical (unpaired) electrons. The van der Waals surface area contributed by atoms with E-state index in [1.807, 2.05) is 60.7 Å². The van der Waals surface area contributed by atoms with Crippen molar-refractivity contribution in [3.63, 3.8) is 0 Å². The highest BCUT2D eigenvalue weighted by Gasteiger charge is 2.08. The standard InChI is InChI=1S/C34H38N2O8/c1-5-35-6-2-27(1)29-21-31-25-32(22-29)42-18-14-38-10-12-40-16-20-44-34-24-30(28-3-7-36-8-4-28)23-33(26-34)43-19-15-39-11-9-37-13-17-41-31/h1-8,21-26H,9-20H2. The maximum Gasteiger partial charge on any atom is 0.123 e. The summed E-state index contributed by atoms with van der Waals surface area (Å²) in [7, 11) is 0. The quantitative estimate of drug-likeness (QED) is 0.308. The van der Waals surface area contributed by atoms with Crippen LogP contribution >= 0.6 is 0 Å². The molecule has 0 aliphatic carbocycles. The number of nitrogens with zero attached hydrogens (tertiary/aromatic N) is 2. The Kier molecular flexibility index (Phi) is 12.6. The molecule has 4 aromatic rings. The lowest BCUT2D eigenvalue weighted by Crippen LogP contribution is -2.14. The second-order valence-electron chi connectivity index (χ2n) is 9.70. The maximum absolute atomic E-state index is 5.99. The third-order valence-electron chi connectivity index (χ3n) is 6.52. The van der Waals surface area contributed by atoms with E-state index < -0.39 is 0 Å². The van der Waals surface area contributed by atoms with Crippen molar-refractivity contribution in [2.75, 3.05) is 79.3 Å². The van der Waals surface area contributed by atoms with E-state index in [9.17, 15) is 0 Å². The minimum atomic E-state index is 0.393. The predicted octanol–water partition coefficient (Wildman–Crippen LogP) is 5.11. The molecule has 0 saturated carbocycles. The summed E-state index contributed by atoms with van der Waals surface area (Å²) < 4.78 is 46.8. The van der Waals surface area contributed by atoms with Gasteiger partial charge in [-0.2, -0.15) is 0 Å². The largest absolute Gasteiger partial charge is 0.491 e. The summed E-state index contributed by atoms with van der Waals surface area (Å²) in [4.78, 5) is 8.23. The first-order chi connectivity index (χ1) is 21.8. The van der Waals surface area contributed by atoms with Gasteiger partial charge in [-0.05, 0) is 70.8 Å². The van der Waals surface area contributed by atoms with Gasteiger partial charge in [-0.15, -0.1) is 0 Å². The number of hydrogen-bond donors (Lipinski definition) is 0. The van der Waals surface area contributed by atoms with E-state index in [0.717, 1.165) is 22.3 Å². The van der Waals surface area contributed by atoms with Gasteiger partial charge in [0.2, 0.25) is 0 Å². The minimum Gasteiger partial charge on any atom is -0.491 e. The number of benzene rings is 2. The van der Waals surface area contributed by atoms with Crippen LogP contribution in [-0.2, 0) is 18.9 Å². The molecule has 2 aromatic carbocycles. The van der Waals surface area contributed by atoms with Crippen molar-refractivity contribution in [3.05, 3.63) is 85.5 Å². The zero-order chi connectivity index (χ0) is 30.1. The number of rotatable bonds is 2. The van der Waals surface area contributed by atoms with Gasteiger partial charge in [0.15, 0.2) is 0 Å². The smallest absolute Gasteiger partial charge is 0.123 e. The van der Waals surface area contributed by atoms with Crippen molar-refractivity contribution >= 4 is 0 Å². The number of fused-ring (bicyclic) bond motifs is 4. The van der Waals surface area contributed by atoms with Crippen LogP contribution in [0.25, 0.3) is 22.3 Å². The van der Waals surface area contributed by atoms with Gasteiger partial charge >= 0.3 is 0 Å². The van der Waals surface area contributed by atoms with Crippen LogP contribution in [0.5, 0.6) is 23.0 Å². The molecule has 0 amide bonds. The Morgan fingerprint density at radius 3 is 0.886 bits per heavy atom. The molecule has 5 rings (SSSR count). The van der Waals surface area contributed by atoms with Crippen LogP contribution in [0.3, 0.4) is 0 Å². The lowest BCUT2D eigenvalue weighted by Gasteiger charge is -2.14. The van der Waals surface area contributed by atoms with Gasteiger partial charge < -0.3 is 37.9 Å². The molecule has 10 heteroatoms. The Labute approximate surface area is 257 Å². The third kappa shape index (κ3) is 10.5. The number of hydrogen-bond acceptors (Lipinski definition) is 10. The van der Waals surface area contributed by atoms with E-state index >= 15 is 0 Å². The van der Waals surface area contributed by atoms with Crippen molar-refractivity contribution in [2.45, 2.75) is 0 Å². The molecular weight excluding hydrogens is 564 g/mol. The van der Waals surface area contributed by atoms with Gasteiger partial charge in [-0.1, -0.05) is 0 Å². The average molecular weight is 603 g/mol. The van der Waals surface area contributed by atoms with Gasteiger partial charge in [0.1, 0.15) is 49.4 Å². The fourth-order valence-electron chi connectivity index (χ4n) is 4.42. The maximum atomic E-state index is 5.99. The number of pyridine rings is 2. The fraction of sp³-hybridized carbons (Fsp3) is 0.353. The first-order valence-corrected chi connectivity index (χ1v) is 14.8. The van der Waals surface area contributed by atoms with Gasteiger partial charge in [-0.25, -0.2) is 0 Å². The number of ether oxygens (including phenoxy) is 8. The van der Waals surface area contributed by atoms with Crippen molar-refractivity contribution in [1.29, 1.82) is 0 Å². The summed E-state index contributed by atoms with van der Waals surface area (Å²) in [5, 5.41) is 0. The molecule has 10 nitrogen and oxygen atoms in total. The van der Waals surface area contributed by atoms with Crippen LogP contribution in [0.4, 0.5) is 0 Å². The van der Waals surface area contributed by atoms with Crippen molar-refractivity contribution in [1.82, 2.24) is 9.97 Å². The molecule has 232 valence electrons. The highest BCUT2D eigenvalue weighted by atomic mass is 16.6. The summed E-state index contributed by atoms with van der Waals surface area (Å²) in [6.07, 6.45) is 7.04. The normalized spacial score (nSPS) is 16.4. The van der Waals surface area contributed by atoms with Crippen LogP contribution in [0.1, 0.15) is 0 Å². The second-order valence-corrected chi connectivity index (χ2v) is 9.70. The summed E-state index contributed by atoms with van der Waals surface area (Å²) in [6, 6.07) is 19.5. The molecule has 0 spiro atoms. The van der Waals surface area contributed by atoms with Crippen LogP contribution in [0.2, 0.25) is 0 Å². The zero-order valence-electron chi connectivity index (χ0n) is 24.7. The van der Waals surface area contributed by atoms with E-state index in [1.165, 1.54) is 0 Å². The van der Waals surface area contributed by atoms with E-state index in [-0.39, 0.29) is 0 Å². The topological polar surface area (TPSA) is 99.6 Å². The van der Waals surface area contributed by atoms with Crippen LogP contribution in [0.15, 0.2) is 85.5 Å². The van der Waals surface area contributed by atoms with E-state index in [1.54, 1.807) is 24.8 Å². The summed E-state index contributed by atoms with van der Waals surface area (Å²) in [5.41, 5.74) is 3.99. The average Bonchev–Trinajstić information content (AvgIpc) is 3.06. The van der Waals surface area contributed by atoms with Gasteiger partial charge in [-0.3, -0.25) is 9.97 Å². The van der Waals surface area contributed by atoms with Gasteiger partial charge in [0.25, 0.3) is 0 Å². The molecule has 0 atom stereocenters. The van der Waals surface area contributed by atoms with E-state index in [0.29, 0.717) is 102 Å². The molecular formula is C34H38N2O8. The summed E-state index contributed by atoms with van der Waals surface area (Å²) in [5.74, 6) is 2.78. The Hall–Kier alpha value is -4.22.